The first-order chi connectivity index (χ1) is 11.7. The van der Waals surface area contributed by atoms with E-state index in [-0.39, 0.29) is 12.1 Å². The lowest BCUT2D eigenvalue weighted by molar-refractivity contribution is -0.0520. The van der Waals surface area contributed by atoms with Crippen molar-refractivity contribution in [1.29, 1.82) is 5.26 Å². The van der Waals surface area contributed by atoms with Crippen molar-refractivity contribution >= 4 is 5.82 Å². The zero-order chi connectivity index (χ0) is 16.5. The maximum atomic E-state index is 10.6. The number of aromatic nitrogens is 1. The SMILES string of the molecule is N#Cc1ccnc(N2C[C@H]3C[C@@H](N4CCOCC4)[C@H](O)C[C@H]3C2)c1. The quantitative estimate of drug-likeness (QED) is 0.868. The Kier molecular flexibility index (Phi) is 4.40. The number of pyridine rings is 1. The van der Waals surface area contributed by atoms with Gasteiger partial charge in [0.2, 0.25) is 0 Å². The summed E-state index contributed by atoms with van der Waals surface area (Å²) < 4.78 is 5.44. The second kappa shape index (κ2) is 6.67. The van der Waals surface area contributed by atoms with Gasteiger partial charge in [-0.15, -0.1) is 0 Å². The predicted molar refractivity (Wildman–Crippen MR) is 89.6 cm³/mol. The van der Waals surface area contributed by atoms with E-state index in [1.807, 2.05) is 6.07 Å². The summed E-state index contributed by atoms with van der Waals surface area (Å²) in [6.45, 7) is 5.30. The lowest BCUT2D eigenvalue weighted by atomic mass is 9.77. The molecule has 0 unspecified atom stereocenters. The minimum absolute atomic E-state index is 0.247. The molecule has 0 radical (unpaired) electrons. The van der Waals surface area contributed by atoms with Gasteiger partial charge in [-0.2, -0.15) is 5.26 Å². The van der Waals surface area contributed by atoms with Crippen LogP contribution < -0.4 is 4.90 Å². The van der Waals surface area contributed by atoms with Gasteiger partial charge in [-0.05, 0) is 36.8 Å². The third-order valence-corrected chi connectivity index (χ3v) is 5.82. The lowest BCUT2D eigenvalue weighted by Crippen LogP contribution is -2.53. The number of aliphatic hydroxyl groups is 1. The number of morpholine rings is 1. The highest BCUT2D eigenvalue weighted by Crippen LogP contribution is 2.39. The molecule has 3 aliphatic rings. The number of aliphatic hydroxyl groups excluding tert-OH is 1. The van der Waals surface area contributed by atoms with Crippen molar-refractivity contribution in [2.24, 2.45) is 11.8 Å². The molecule has 2 aliphatic heterocycles. The molecule has 1 N–H and O–H groups in total. The van der Waals surface area contributed by atoms with Crippen molar-refractivity contribution in [3.8, 4) is 6.07 Å². The molecule has 128 valence electrons. The molecular formula is C18H24N4O2. The molecule has 0 amide bonds. The zero-order valence-electron chi connectivity index (χ0n) is 13.8. The molecule has 6 heteroatoms. The second-order valence-corrected chi connectivity index (χ2v) is 7.19. The molecule has 4 rings (SSSR count). The van der Waals surface area contributed by atoms with E-state index in [0.717, 1.165) is 58.1 Å². The summed E-state index contributed by atoms with van der Waals surface area (Å²) >= 11 is 0. The molecule has 3 fully saturated rings. The topological polar surface area (TPSA) is 72.6 Å². The molecule has 1 aromatic heterocycles. The Hall–Kier alpha value is -1.68. The average molecular weight is 328 g/mol. The van der Waals surface area contributed by atoms with E-state index >= 15 is 0 Å². The summed E-state index contributed by atoms with van der Waals surface area (Å²) in [4.78, 5) is 9.13. The molecule has 3 heterocycles. The van der Waals surface area contributed by atoms with Crippen LogP contribution in [0.4, 0.5) is 5.82 Å². The number of hydrogen-bond acceptors (Lipinski definition) is 6. The fraction of sp³-hybridized carbons (Fsp3) is 0.667. The minimum atomic E-state index is -0.247. The van der Waals surface area contributed by atoms with Gasteiger partial charge in [0, 0.05) is 38.4 Å². The molecule has 1 aliphatic carbocycles. The summed E-state index contributed by atoms with van der Waals surface area (Å²) in [6.07, 6.45) is 3.37. The number of nitriles is 1. The van der Waals surface area contributed by atoms with Crippen LogP contribution in [0.3, 0.4) is 0 Å². The van der Waals surface area contributed by atoms with Gasteiger partial charge in [0.25, 0.3) is 0 Å². The Balaban J connectivity index is 1.46. The summed E-state index contributed by atoms with van der Waals surface area (Å²) in [7, 11) is 0. The average Bonchev–Trinajstić information content (AvgIpc) is 3.04. The van der Waals surface area contributed by atoms with Crippen LogP contribution in [0.25, 0.3) is 0 Å². The van der Waals surface area contributed by atoms with Crippen molar-refractivity contribution in [3.05, 3.63) is 23.9 Å². The largest absolute Gasteiger partial charge is 0.391 e. The molecule has 4 atom stereocenters. The predicted octanol–water partition coefficient (Wildman–Crippen LogP) is 0.861. The van der Waals surface area contributed by atoms with E-state index in [0.29, 0.717) is 17.4 Å². The van der Waals surface area contributed by atoms with E-state index in [9.17, 15) is 5.11 Å². The summed E-state index contributed by atoms with van der Waals surface area (Å²) in [5.74, 6) is 2.00. The van der Waals surface area contributed by atoms with Gasteiger partial charge >= 0.3 is 0 Å². The lowest BCUT2D eigenvalue weighted by Gasteiger charge is -2.43. The van der Waals surface area contributed by atoms with E-state index in [1.54, 1.807) is 12.3 Å². The van der Waals surface area contributed by atoms with E-state index in [4.69, 9.17) is 10.00 Å². The van der Waals surface area contributed by atoms with Crippen LogP contribution in [0, 0.1) is 23.2 Å². The number of ether oxygens (including phenoxy) is 1. The third kappa shape index (κ3) is 3.00. The maximum Gasteiger partial charge on any atom is 0.129 e. The number of anilines is 1. The molecule has 24 heavy (non-hydrogen) atoms. The zero-order valence-corrected chi connectivity index (χ0v) is 13.8. The molecule has 0 spiro atoms. The fourth-order valence-electron chi connectivity index (χ4n) is 4.56. The molecule has 0 bridgehead atoms. The Morgan fingerprint density at radius 1 is 1.21 bits per heavy atom. The highest BCUT2D eigenvalue weighted by atomic mass is 16.5. The van der Waals surface area contributed by atoms with Crippen molar-refractivity contribution < 1.29 is 9.84 Å². The smallest absolute Gasteiger partial charge is 0.129 e. The Morgan fingerprint density at radius 3 is 2.71 bits per heavy atom. The van der Waals surface area contributed by atoms with Crippen LogP contribution in [0.2, 0.25) is 0 Å². The molecular weight excluding hydrogens is 304 g/mol. The second-order valence-electron chi connectivity index (χ2n) is 7.19. The first-order valence-corrected chi connectivity index (χ1v) is 8.85. The van der Waals surface area contributed by atoms with Crippen LogP contribution in [0.15, 0.2) is 18.3 Å². The van der Waals surface area contributed by atoms with Gasteiger partial charge in [-0.25, -0.2) is 4.98 Å². The van der Waals surface area contributed by atoms with Crippen LogP contribution in [0.1, 0.15) is 18.4 Å². The van der Waals surface area contributed by atoms with Crippen LogP contribution >= 0.6 is 0 Å². The highest BCUT2D eigenvalue weighted by molar-refractivity contribution is 5.46. The van der Waals surface area contributed by atoms with Gasteiger partial charge in [0.05, 0.1) is 31.0 Å². The summed E-state index contributed by atoms with van der Waals surface area (Å²) in [6, 6.07) is 6.05. The summed E-state index contributed by atoms with van der Waals surface area (Å²) in [5, 5.41) is 19.7. The Labute approximate surface area is 142 Å². The van der Waals surface area contributed by atoms with Crippen LogP contribution in [0.5, 0.6) is 0 Å². The number of rotatable bonds is 2. The van der Waals surface area contributed by atoms with Gasteiger partial charge in [0.15, 0.2) is 0 Å². The first kappa shape index (κ1) is 15.8. The molecule has 2 saturated heterocycles. The van der Waals surface area contributed by atoms with Crippen molar-refractivity contribution in [2.75, 3.05) is 44.3 Å². The molecule has 1 aromatic rings. The molecule has 0 aromatic carbocycles. The van der Waals surface area contributed by atoms with E-state index in [2.05, 4.69) is 20.9 Å². The minimum Gasteiger partial charge on any atom is -0.391 e. The van der Waals surface area contributed by atoms with Crippen molar-refractivity contribution in [1.82, 2.24) is 9.88 Å². The van der Waals surface area contributed by atoms with Gasteiger partial charge < -0.3 is 14.7 Å². The number of nitrogens with zero attached hydrogens (tertiary/aromatic N) is 4. The normalized spacial score (nSPS) is 33.9. The Morgan fingerprint density at radius 2 is 1.96 bits per heavy atom. The standard InChI is InChI=1S/C18H24N4O2/c19-10-13-1-2-20-18(7-13)22-11-14-8-16(17(23)9-15(14)12-22)21-3-5-24-6-4-21/h1-2,7,14-17,23H,3-6,8-9,11-12H2/t14-,15+,16-,17-/m1/s1. The van der Waals surface area contributed by atoms with Crippen molar-refractivity contribution in [3.63, 3.8) is 0 Å². The molecule has 1 saturated carbocycles. The maximum absolute atomic E-state index is 10.6. The van der Waals surface area contributed by atoms with E-state index < -0.39 is 0 Å². The fourth-order valence-corrected chi connectivity index (χ4v) is 4.56. The first-order valence-electron chi connectivity index (χ1n) is 8.85. The highest BCUT2D eigenvalue weighted by Gasteiger charge is 2.44. The van der Waals surface area contributed by atoms with Gasteiger partial charge in [-0.1, -0.05) is 0 Å². The van der Waals surface area contributed by atoms with E-state index in [1.165, 1.54) is 0 Å². The number of fused-ring (bicyclic) bond motifs is 1. The van der Waals surface area contributed by atoms with Gasteiger partial charge in [0.1, 0.15) is 5.82 Å². The van der Waals surface area contributed by atoms with Crippen LogP contribution in [-0.4, -0.2) is 66.5 Å². The number of hydrogen-bond donors (Lipinski definition) is 1. The monoisotopic (exact) mass is 328 g/mol. The molecule has 6 nitrogen and oxygen atoms in total. The third-order valence-electron chi connectivity index (χ3n) is 5.82. The van der Waals surface area contributed by atoms with Crippen molar-refractivity contribution in [2.45, 2.75) is 25.0 Å². The Bertz CT molecular complexity index is 626. The van der Waals surface area contributed by atoms with Gasteiger partial charge in [-0.3, -0.25) is 4.90 Å². The summed E-state index contributed by atoms with van der Waals surface area (Å²) in [5.41, 5.74) is 0.654. The van der Waals surface area contributed by atoms with Crippen LogP contribution in [-0.2, 0) is 4.74 Å².